The number of aryl methyl sites for hydroxylation is 1. The van der Waals surface area contributed by atoms with Gasteiger partial charge in [-0.2, -0.15) is 0 Å². The van der Waals surface area contributed by atoms with Crippen molar-refractivity contribution in [2.24, 2.45) is 11.8 Å². The van der Waals surface area contributed by atoms with E-state index in [0.717, 1.165) is 51.7 Å². The molecule has 1 aromatic heterocycles. The van der Waals surface area contributed by atoms with Gasteiger partial charge in [-0.05, 0) is 44.2 Å². The summed E-state index contributed by atoms with van der Waals surface area (Å²) in [6.45, 7) is 9.08. The lowest BCUT2D eigenvalue weighted by atomic mass is 9.99. The summed E-state index contributed by atoms with van der Waals surface area (Å²) in [4.78, 5) is 20.2. The quantitative estimate of drug-likeness (QED) is 0.839. The van der Waals surface area contributed by atoms with Crippen LogP contribution in [-0.4, -0.2) is 61.6 Å². The monoisotopic (exact) mass is 348 g/mol. The predicted octanol–water partition coefficient (Wildman–Crippen LogP) is 2.73. The maximum Gasteiger partial charge on any atom is 0.226 e. The lowest BCUT2D eigenvalue weighted by Gasteiger charge is -2.37. The highest BCUT2D eigenvalue weighted by molar-refractivity contribution is 7.12. The molecule has 0 bridgehead atoms. The second-order valence-corrected chi connectivity index (χ2v) is 8.90. The Bertz CT molecular complexity index is 574. The molecule has 0 radical (unpaired) electrons. The Morgan fingerprint density at radius 2 is 1.96 bits per heavy atom. The molecule has 3 fully saturated rings. The molecule has 2 aliphatic heterocycles. The Labute approximate surface area is 148 Å². The number of amides is 1. The minimum atomic E-state index is 0.255. The van der Waals surface area contributed by atoms with Crippen LogP contribution in [0.25, 0.3) is 0 Å². The van der Waals surface area contributed by atoms with E-state index in [9.17, 15) is 4.79 Å². The van der Waals surface area contributed by atoms with E-state index < -0.39 is 0 Å². The molecule has 0 aromatic carbocycles. The first-order valence-electron chi connectivity index (χ1n) is 9.36. The van der Waals surface area contributed by atoms with E-state index >= 15 is 0 Å². The zero-order valence-electron chi connectivity index (χ0n) is 14.6. The average molecular weight is 349 g/mol. The van der Waals surface area contributed by atoms with E-state index in [2.05, 4.69) is 28.9 Å². The van der Waals surface area contributed by atoms with Crippen molar-refractivity contribution < 1.29 is 9.53 Å². The lowest BCUT2D eigenvalue weighted by Crippen LogP contribution is -2.50. The Kier molecular flexibility index (Phi) is 4.93. The van der Waals surface area contributed by atoms with Gasteiger partial charge in [-0.3, -0.25) is 9.69 Å². The topological polar surface area (TPSA) is 32.8 Å². The number of hydrogen-bond acceptors (Lipinski definition) is 4. The molecule has 1 aromatic rings. The van der Waals surface area contributed by atoms with Crippen LogP contribution in [0.5, 0.6) is 0 Å². The Morgan fingerprint density at radius 1 is 1.21 bits per heavy atom. The average Bonchev–Trinajstić information content (AvgIpc) is 3.30. The normalized spacial score (nSPS) is 29.0. The Hall–Kier alpha value is -0.910. The van der Waals surface area contributed by atoms with Gasteiger partial charge in [0.2, 0.25) is 5.91 Å². The highest BCUT2D eigenvalue weighted by Crippen LogP contribution is 2.50. The third-order valence-electron chi connectivity index (χ3n) is 5.78. The molecule has 3 heterocycles. The second kappa shape index (κ2) is 7.14. The molecule has 2 atom stereocenters. The Morgan fingerprint density at radius 3 is 2.62 bits per heavy atom. The SMILES string of the molecule is Cc1ccc([C@H]2C[C@@H]2C(=O)N2CCN(CC3CCOCC3)CC2)s1. The number of nitrogens with zero attached hydrogens (tertiary/aromatic N) is 2. The molecule has 0 N–H and O–H groups in total. The van der Waals surface area contributed by atoms with E-state index in [4.69, 9.17) is 4.74 Å². The molecule has 4 nitrogen and oxygen atoms in total. The number of ether oxygens (including phenoxy) is 1. The van der Waals surface area contributed by atoms with Crippen molar-refractivity contribution in [1.29, 1.82) is 0 Å². The van der Waals surface area contributed by atoms with E-state index in [1.54, 1.807) is 0 Å². The first kappa shape index (κ1) is 16.6. The highest BCUT2D eigenvalue weighted by atomic mass is 32.1. The highest BCUT2D eigenvalue weighted by Gasteiger charge is 2.46. The summed E-state index contributed by atoms with van der Waals surface area (Å²) < 4.78 is 5.45. The second-order valence-electron chi connectivity index (χ2n) is 7.58. The molecule has 5 heteroatoms. The van der Waals surface area contributed by atoms with Gasteiger partial charge in [0.15, 0.2) is 0 Å². The minimum Gasteiger partial charge on any atom is -0.381 e. The van der Waals surface area contributed by atoms with Gasteiger partial charge in [0.1, 0.15) is 0 Å². The minimum absolute atomic E-state index is 0.255. The summed E-state index contributed by atoms with van der Waals surface area (Å²) in [5.74, 6) is 1.94. The number of rotatable bonds is 4. The fourth-order valence-electron chi connectivity index (χ4n) is 4.11. The number of carbonyl (C=O) groups excluding carboxylic acids is 1. The first-order chi connectivity index (χ1) is 11.7. The van der Waals surface area contributed by atoms with Crippen LogP contribution in [0.15, 0.2) is 12.1 Å². The van der Waals surface area contributed by atoms with Crippen molar-refractivity contribution in [2.75, 3.05) is 45.9 Å². The van der Waals surface area contributed by atoms with Crippen LogP contribution in [0.3, 0.4) is 0 Å². The van der Waals surface area contributed by atoms with Gasteiger partial charge in [-0.1, -0.05) is 0 Å². The molecule has 1 amide bonds. The maximum absolute atomic E-state index is 12.7. The molecule has 24 heavy (non-hydrogen) atoms. The Balaban J connectivity index is 1.23. The summed E-state index contributed by atoms with van der Waals surface area (Å²) in [5.41, 5.74) is 0. The molecule has 0 spiro atoms. The van der Waals surface area contributed by atoms with Crippen LogP contribution in [0.1, 0.15) is 34.9 Å². The number of piperazine rings is 1. The molecular formula is C19H28N2O2S. The van der Waals surface area contributed by atoms with Crippen molar-refractivity contribution in [3.8, 4) is 0 Å². The van der Waals surface area contributed by atoms with Gasteiger partial charge in [0.05, 0.1) is 0 Å². The van der Waals surface area contributed by atoms with Crippen molar-refractivity contribution in [1.82, 2.24) is 9.80 Å². The summed E-state index contributed by atoms with van der Waals surface area (Å²) in [5, 5.41) is 0. The number of thiophene rings is 1. The van der Waals surface area contributed by atoms with Gasteiger partial charge in [-0.25, -0.2) is 0 Å². The summed E-state index contributed by atoms with van der Waals surface area (Å²) in [6.07, 6.45) is 3.45. The maximum atomic E-state index is 12.7. The molecular weight excluding hydrogens is 320 g/mol. The smallest absolute Gasteiger partial charge is 0.226 e. The van der Waals surface area contributed by atoms with Gasteiger partial charge in [-0.15, -0.1) is 11.3 Å². The third-order valence-corrected chi connectivity index (χ3v) is 6.91. The van der Waals surface area contributed by atoms with Gasteiger partial charge in [0.25, 0.3) is 0 Å². The summed E-state index contributed by atoms with van der Waals surface area (Å²) in [7, 11) is 0. The van der Waals surface area contributed by atoms with E-state index in [0.29, 0.717) is 11.8 Å². The summed E-state index contributed by atoms with van der Waals surface area (Å²) >= 11 is 1.86. The van der Waals surface area contributed by atoms with Crippen LogP contribution in [-0.2, 0) is 9.53 Å². The van der Waals surface area contributed by atoms with Gasteiger partial charge in [0, 0.05) is 67.5 Å². The molecule has 132 valence electrons. The molecule has 1 saturated carbocycles. The molecule has 1 aliphatic carbocycles. The molecule has 3 aliphatic rings. The van der Waals surface area contributed by atoms with Crippen molar-refractivity contribution in [3.05, 3.63) is 21.9 Å². The standard InChI is InChI=1S/C19H28N2O2S/c1-14-2-3-18(24-14)16-12-17(16)19(22)21-8-6-20(7-9-21)13-15-4-10-23-11-5-15/h2-3,15-17H,4-13H2,1H3/t16-,17-/m0/s1. The zero-order valence-corrected chi connectivity index (χ0v) is 15.4. The number of carbonyl (C=O) groups is 1. The van der Waals surface area contributed by atoms with Crippen LogP contribution in [0.4, 0.5) is 0 Å². The fourth-order valence-corrected chi connectivity index (χ4v) is 5.17. The number of hydrogen-bond donors (Lipinski definition) is 0. The largest absolute Gasteiger partial charge is 0.381 e. The molecule has 0 unspecified atom stereocenters. The first-order valence-corrected chi connectivity index (χ1v) is 10.2. The van der Waals surface area contributed by atoms with Crippen molar-refractivity contribution in [3.63, 3.8) is 0 Å². The molecule has 2 saturated heterocycles. The lowest BCUT2D eigenvalue weighted by molar-refractivity contribution is -0.134. The van der Waals surface area contributed by atoms with E-state index in [1.165, 1.54) is 29.1 Å². The predicted molar refractivity (Wildman–Crippen MR) is 96.5 cm³/mol. The third kappa shape index (κ3) is 3.68. The van der Waals surface area contributed by atoms with Crippen molar-refractivity contribution >= 4 is 17.2 Å². The molecule has 4 rings (SSSR count). The van der Waals surface area contributed by atoms with Crippen LogP contribution >= 0.6 is 11.3 Å². The van der Waals surface area contributed by atoms with Crippen LogP contribution in [0, 0.1) is 18.8 Å². The fraction of sp³-hybridized carbons (Fsp3) is 0.737. The van der Waals surface area contributed by atoms with Gasteiger partial charge >= 0.3 is 0 Å². The van der Waals surface area contributed by atoms with E-state index in [1.807, 2.05) is 11.3 Å². The van der Waals surface area contributed by atoms with Gasteiger partial charge < -0.3 is 9.64 Å². The van der Waals surface area contributed by atoms with Crippen LogP contribution < -0.4 is 0 Å². The van der Waals surface area contributed by atoms with E-state index in [-0.39, 0.29) is 5.92 Å². The zero-order chi connectivity index (χ0) is 16.5. The van der Waals surface area contributed by atoms with Crippen LogP contribution in [0.2, 0.25) is 0 Å². The summed E-state index contributed by atoms with van der Waals surface area (Å²) in [6, 6.07) is 4.39. The van der Waals surface area contributed by atoms with Crippen molar-refractivity contribution in [2.45, 2.75) is 32.1 Å².